The summed E-state index contributed by atoms with van der Waals surface area (Å²) in [7, 11) is 0.627. The molecule has 2 aromatic carbocycles. The second-order valence-electron chi connectivity index (χ2n) is 17.6. The zero-order valence-electron chi connectivity index (χ0n) is 36.7. The Balaban J connectivity index is 1.07. The van der Waals surface area contributed by atoms with Gasteiger partial charge in [-0.25, -0.2) is 18.2 Å². The van der Waals surface area contributed by atoms with Crippen LogP contribution in [0.1, 0.15) is 83.5 Å². The van der Waals surface area contributed by atoms with Crippen LogP contribution in [-0.4, -0.2) is 115 Å². The molecule has 0 bridgehead atoms. The van der Waals surface area contributed by atoms with Crippen molar-refractivity contribution in [2.75, 3.05) is 27.9 Å². The zero-order valence-corrected chi connectivity index (χ0v) is 37.6. The van der Waals surface area contributed by atoms with Gasteiger partial charge in [-0.1, -0.05) is 37.1 Å². The highest BCUT2D eigenvalue weighted by Crippen LogP contribution is 2.46. The molecule has 1 saturated heterocycles. The standard InChI is InChI=1S/C46H55N7O11S/c1-60-37-21-27(22-38(61-2)40(37)62-3)35-24-39(53-41(47-35)32-16-11-12-17-33(32)50-53)63-30-23-36-42(54)49-46(44(56)51-65(58,59)31-19-20-31)25-28(46)13-7-5-4-6-8-18-34(43(55)52(36)26-30)48-45(57)64-29-14-9-10-15-29/h7,11-13,16-17,21-22,24,28-31,34,36H,4-6,8-10,14-15,18-20,23,25-26H2,1-3H3,(H,48,57)(H,49,54)(H,51,56)/b13-7-/t28-,30-,34+,36+,46-/m1/s1. The van der Waals surface area contributed by atoms with Gasteiger partial charge in [-0.3, -0.25) is 19.1 Å². The molecule has 3 aliphatic carbocycles. The maximum Gasteiger partial charge on any atom is 0.408 e. The van der Waals surface area contributed by atoms with Crippen molar-refractivity contribution in [3.63, 3.8) is 0 Å². The minimum Gasteiger partial charge on any atom is -0.493 e. The molecule has 4 aromatic rings. The Morgan fingerprint density at radius 1 is 0.892 bits per heavy atom. The highest BCUT2D eigenvalue weighted by Gasteiger charge is 2.62. The third-order valence-electron chi connectivity index (χ3n) is 13.2. The van der Waals surface area contributed by atoms with Gasteiger partial charge >= 0.3 is 6.09 Å². The number of fused-ring (bicyclic) bond motifs is 5. The maximum atomic E-state index is 14.9. The summed E-state index contributed by atoms with van der Waals surface area (Å²) in [5.41, 5.74) is 0.679. The fourth-order valence-electron chi connectivity index (χ4n) is 9.42. The topological polar surface area (TPSA) is 218 Å². The lowest BCUT2D eigenvalue weighted by molar-refractivity contribution is -0.141. The number of carbonyl (C=O) groups excluding carboxylic acids is 4. The summed E-state index contributed by atoms with van der Waals surface area (Å²) in [6.07, 6.45) is 9.70. The molecule has 4 amide bonds. The summed E-state index contributed by atoms with van der Waals surface area (Å²) in [4.78, 5) is 63.3. The predicted molar refractivity (Wildman–Crippen MR) is 237 cm³/mol. The lowest BCUT2D eigenvalue weighted by Gasteiger charge is -2.30. The number of alkyl carbamates (subject to hydrolysis) is 1. The van der Waals surface area contributed by atoms with Crippen LogP contribution in [0, 0.1) is 5.92 Å². The van der Waals surface area contributed by atoms with Crippen molar-refractivity contribution >= 4 is 50.4 Å². The maximum absolute atomic E-state index is 14.9. The number of benzene rings is 2. The molecule has 0 unspecified atom stereocenters. The van der Waals surface area contributed by atoms with Crippen LogP contribution in [0.4, 0.5) is 4.79 Å². The number of carbonyl (C=O) groups is 4. The molecule has 2 aromatic heterocycles. The van der Waals surface area contributed by atoms with Crippen molar-refractivity contribution in [3.8, 4) is 34.4 Å². The zero-order chi connectivity index (χ0) is 45.5. The Labute approximate surface area is 376 Å². The Morgan fingerprint density at radius 2 is 1.63 bits per heavy atom. The van der Waals surface area contributed by atoms with Gasteiger partial charge in [-0.15, -0.1) is 0 Å². The minimum absolute atomic E-state index is 0.0144. The van der Waals surface area contributed by atoms with Crippen LogP contribution < -0.4 is 34.3 Å². The lowest BCUT2D eigenvalue weighted by atomic mass is 10.0. The van der Waals surface area contributed by atoms with E-state index in [4.69, 9.17) is 33.8 Å². The monoisotopic (exact) mass is 913 g/mol. The Bertz CT molecular complexity index is 2620. The van der Waals surface area contributed by atoms with E-state index in [9.17, 15) is 27.6 Å². The van der Waals surface area contributed by atoms with Gasteiger partial charge in [0.05, 0.1) is 44.3 Å². The van der Waals surface area contributed by atoms with E-state index < -0.39 is 68.7 Å². The third kappa shape index (κ3) is 8.98. The number of nitrogens with one attached hydrogen (secondary N) is 3. The van der Waals surface area contributed by atoms with E-state index >= 15 is 0 Å². The largest absolute Gasteiger partial charge is 0.493 e. The van der Waals surface area contributed by atoms with Gasteiger partial charge in [0, 0.05) is 29.4 Å². The van der Waals surface area contributed by atoms with Crippen LogP contribution in [0.5, 0.6) is 23.1 Å². The first-order valence-electron chi connectivity index (χ1n) is 22.5. The average molecular weight is 914 g/mol. The molecular weight excluding hydrogens is 859 g/mol. The van der Waals surface area contributed by atoms with Gasteiger partial charge in [0.25, 0.3) is 5.91 Å². The molecule has 4 fully saturated rings. The molecule has 65 heavy (non-hydrogen) atoms. The van der Waals surface area contributed by atoms with E-state index in [0.717, 1.165) is 43.9 Å². The van der Waals surface area contributed by atoms with Crippen LogP contribution >= 0.6 is 0 Å². The van der Waals surface area contributed by atoms with Crippen molar-refractivity contribution in [2.45, 2.75) is 119 Å². The molecule has 5 aliphatic rings. The van der Waals surface area contributed by atoms with E-state index in [1.165, 1.54) is 26.2 Å². The molecule has 346 valence electrons. The average Bonchev–Trinajstić information content (AvgIpc) is 4.11. The molecule has 0 spiro atoms. The smallest absolute Gasteiger partial charge is 0.408 e. The number of hydrogen-bond acceptors (Lipinski definition) is 13. The number of nitrogens with zero attached hydrogens (tertiary/aromatic N) is 4. The summed E-state index contributed by atoms with van der Waals surface area (Å²) in [5, 5.41) is 10.7. The first-order chi connectivity index (χ1) is 31.4. The number of methoxy groups -OCH3 is 3. The van der Waals surface area contributed by atoms with Crippen molar-refractivity contribution in [1.82, 2.24) is 34.9 Å². The third-order valence-corrected chi connectivity index (χ3v) is 15.0. The fourth-order valence-corrected chi connectivity index (χ4v) is 10.8. The van der Waals surface area contributed by atoms with Gasteiger partial charge in [0.15, 0.2) is 17.1 Å². The van der Waals surface area contributed by atoms with Crippen molar-refractivity contribution in [2.24, 2.45) is 5.92 Å². The van der Waals surface area contributed by atoms with Crippen LogP contribution in [-0.2, 0) is 29.1 Å². The number of aromatic nitrogens is 3. The summed E-state index contributed by atoms with van der Waals surface area (Å²) >= 11 is 0. The Morgan fingerprint density at radius 3 is 2.35 bits per heavy atom. The molecule has 0 radical (unpaired) electrons. The second kappa shape index (κ2) is 18.0. The SMILES string of the molecule is COc1cc(-c2cc(O[C@@H]3C[C@H]4C(=O)N[C@]5(C(=O)NS(=O)(=O)C6CC6)C[C@H]5/C=C\CCCCC[C@H](NC(=O)OC5CCCC5)C(=O)N4C3)n3nc4ccccc4c3n2)cc(OC)c1OC. The van der Waals surface area contributed by atoms with E-state index in [2.05, 4.69) is 15.4 Å². The Hall–Kier alpha value is -6.11. The van der Waals surface area contributed by atoms with Gasteiger partial charge in [-0.2, -0.15) is 9.61 Å². The van der Waals surface area contributed by atoms with E-state index in [0.29, 0.717) is 71.8 Å². The van der Waals surface area contributed by atoms with Crippen LogP contribution in [0.25, 0.3) is 27.8 Å². The van der Waals surface area contributed by atoms with Gasteiger partial charge in [0.1, 0.15) is 29.8 Å². The second-order valence-corrected chi connectivity index (χ2v) is 19.6. The molecule has 3 saturated carbocycles. The summed E-state index contributed by atoms with van der Waals surface area (Å²) in [6.45, 7) is -0.0739. The summed E-state index contributed by atoms with van der Waals surface area (Å²) in [5.74, 6) is -0.931. The minimum atomic E-state index is -3.94. The normalized spacial score (nSPS) is 25.7. The van der Waals surface area contributed by atoms with Crippen LogP contribution in [0.3, 0.4) is 0 Å². The first-order valence-corrected chi connectivity index (χ1v) is 24.0. The van der Waals surface area contributed by atoms with Gasteiger partial charge in [0.2, 0.25) is 33.5 Å². The molecule has 4 heterocycles. The van der Waals surface area contributed by atoms with Gasteiger partial charge < -0.3 is 39.2 Å². The number of sulfonamides is 1. The number of amides is 4. The quantitative estimate of drug-likeness (QED) is 0.170. The molecule has 19 heteroatoms. The highest BCUT2D eigenvalue weighted by molar-refractivity contribution is 7.91. The van der Waals surface area contributed by atoms with E-state index in [1.807, 2.05) is 36.4 Å². The molecule has 9 rings (SSSR count). The van der Waals surface area contributed by atoms with E-state index in [1.54, 1.807) is 22.7 Å². The van der Waals surface area contributed by atoms with Crippen molar-refractivity contribution in [1.29, 1.82) is 0 Å². The number of rotatable bonds is 11. The van der Waals surface area contributed by atoms with Crippen molar-refractivity contribution in [3.05, 3.63) is 54.6 Å². The molecule has 2 aliphatic heterocycles. The van der Waals surface area contributed by atoms with Crippen molar-refractivity contribution < 1.29 is 51.3 Å². The molecule has 3 N–H and O–H groups in total. The van der Waals surface area contributed by atoms with E-state index in [-0.39, 0.29) is 31.4 Å². The van der Waals surface area contributed by atoms with Crippen LogP contribution in [0.15, 0.2) is 54.6 Å². The lowest BCUT2D eigenvalue weighted by Crippen LogP contribution is -2.58. The Kier molecular flexibility index (Phi) is 12.2. The summed E-state index contributed by atoms with van der Waals surface area (Å²) in [6, 6.07) is 10.6. The number of allylic oxidation sites excluding steroid dienone is 1. The summed E-state index contributed by atoms with van der Waals surface area (Å²) < 4.78 is 59.3. The first kappa shape index (κ1) is 44.1. The van der Waals surface area contributed by atoms with Gasteiger partial charge in [-0.05, 0) is 88.5 Å². The molecule has 5 atom stereocenters. The molecular formula is C46H55N7O11S. The number of ether oxygens (including phenoxy) is 5. The predicted octanol–water partition coefficient (Wildman–Crippen LogP) is 4.96. The highest BCUT2D eigenvalue weighted by atomic mass is 32.2. The fraction of sp³-hybridized carbons (Fsp3) is 0.522. The molecule has 18 nitrogen and oxygen atoms in total. The van der Waals surface area contributed by atoms with Crippen LogP contribution in [0.2, 0.25) is 0 Å². The number of hydrogen-bond donors (Lipinski definition) is 3.